The van der Waals surface area contributed by atoms with Crippen LogP contribution in [0.15, 0.2) is 0 Å². The summed E-state index contributed by atoms with van der Waals surface area (Å²) in [6, 6.07) is 0.384. The molecule has 19 heavy (non-hydrogen) atoms. The monoisotopic (exact) mass is 268 g/mol. The summed E-state index contributed by atoms with van der Waals surface area (Å²) < 4.78 is 0. The Morgan fingerprint density at radius 2 is 1.79 bits per heavy atom. The van der Waals surface area contributed by atoms with Crippen LogP contribution in [0.2, 0.25) is 0 Å². The van der Waals surface area contributed by atoms with Crippen molar-refractivity contribution in [1.82, 2.24) is 10.2 Å². The number of carbonyl (C=O) groups excluding carboxylic acids is 1. The van der Waals surface area contributed by atoms with E-state index in [1.165, 1.54) is 19.3 Å². The van der Waals surface area contributed by atoms with E-state index in [1.54, 1.807) is 0 Å². The first kappa shape index (κ1) is 14.8. The lowest BCUT2D eigenvalue weighted by Gasteiger charge is -2.35. The van der Waals surface area contributed by atoms with Crippen LogP contribution in [0, 0.1) is 5.92 Å². The molecule has 4 heteroatoms. The zero-order chi connectivity index (χ0) is 13.5. The van der Waals surface area contributed by atoms with E-state index in [1.807, 2.05) is 4.90 Å². The molecule has 0 unspecified atom stereocenters. The van der Waals surface area contributed by atoms with Crippen LogP contribution >= 0.6 is 0 Å². The summed E-state index contributed by atoms with van der Waals surface area (Å²) in [6.45, 7) is 2.70. The van der Waals surface area contributed by atoms with Gasteiger partial charge in [0.2, 0.25) is 5.91 Å². The van der Waals surface area contributed by atoms with Gasteiger partial charge in [0.15, 0.2) is 0 Å². The highest BCUT2D eigenvalue weighted by atomic mass is 16.3. The lowest BCUT2D eigenvalue weighted by molar-refractivity contribution is -0.136. The summed E-state index contributed by atoms with van der Waals surface area (Å²) in [7, 11) is 0. The van der Waals surface area contributed by atoms with Crippen molar-refractivity contribution in [3.8, 4) is 0 Å². The van der Waals surface area contributed by atoms with E-state index in [9.17, 15) is 9.90 Å². The van der Waals surface area contributed by atoms with E-state index < -0.39 is 0 Å². The number of amides is 1. The number of nitrogens with one attached hydrogen (secondary N) is 1. The van der Waals surface area contributed by atoms with Gasteiger partial charge in [-0.3, -0.25) is 4.79 Å². The van der Waals surface area contributed by atoms with Crippen molar-refractivity contribution in [3.05, 3.63) is 0 Å². The minimum atomic E-state index is 0.0917. The highest BCUT2D eigenvalue weighted by Crippen LogP contribution is 2.25. The molecule has 0 aromatic heterocycles. The quantitative estimate of drug-likeness (QED) is 0.795. The number of aliphatic hydroxyl groups excluding tert-OH is 1. The highest BCUT2D eigenvalue weighted by Gasteiger charge is 2.27. The maximum Gasteiger partial charge on any atom is 0.223 e. The normalized spacial score (nSPS) is 22.4. The van der Waals surface area contributed by atoms with Gasteiger partial charge < -0.3 is 15.3 Å². The van der Waals surface area contributed by atoms with Crippen molar-refractivity contribution in [2.75, 3.05) is 26.2 Å². The van der Waals surface area contributed by atoms with Gasteiger partial charge in [-0.15, -0.1) is 0 Å². The van der Waals surface area contributed by atoms with E-state index in [-0.39, 0.29) is 12.5 Å². The van der Waals surface area contributed by atoms with Crippen LogP contribution in [-0.4, -0.2) is 48.2 Å². The van der Waals surface area contributed by atoms with Crippen LogP contribution in [0.3, 0.4) is 0 Å². The fraction of sp³-hybridized carbons (Fsp3) is 0.933. The van der Waals surface area contributed by atoms with E-state index >= 15 is 0 Å². The smallest absolute Gasteiger partial charge is 0.223 e. The van der Waals surface area contributed by atoms with Gasteiger partial charge in [0.05, 0.1) is 6.61 Å². The van der Waals surface area contributed by atoms with Gasteiger partial charge >= 0.3 is 0 Å². The Balaban J connectivity index is 1.87. The fourth-order valence-corrected chi connectivity index (χ4v) is 3.46. The Labute approximate surface area is 116 Å². The third-order valence-electron chi connectivity index (χ3n) is 4.60. The van der Waals surface area contributed by atoms with E-state index in [0.717, 1.165) is 38.8 Å². The van der Waals surface area contributed by atoms with Crippen LogP contribution in [0.4, 0.5) is 0 Å². The van der Waals surface area contributed by atoms with Crippen molar-refractivity contribution < 1.29 is 9.90 Å². The van der Waals surface area contributed by atoms with Crippen LogP contribution in [0.5, 0.6) is 0 Å². The van der Waals surface area contributed by atoms with Gasteiger partial charge in [0.1, 0.15) is 0 Å². The van der Waals surface area contributed by atoms with Crippen molar-refractivity contribution in [2.45, 2.75) is 57.4 Å². The molecule has 1 aliphatic carbocycles. The molecular formula is C15H28N2O2. The highest BCUT2D eigenvalue weighted by molar-refractivity contribution is 5.76. The van der Waals surface area contributed by atoms with E-state index in [4.69, 9.17) is 0 Å². The molecule has 4 nitrogen and oxygen atoms in total. The minimum absolute atomic E-state index is 0.0917. The number of rotatable bonds is 5. The lowest BCUT2D eigenvalue weighted by atomic mass is 9.91. The van der Waals surface area contributed by atoms with Crippen molar-refractivity contribution >= 4 is 5.91 Å². The summed E-state index contributed by atoms with van der Waals surface area (Å²) in [5.41, 5.74) is 0. The number of hydrogen-bond acceptors (Lipinski definition) is 3. The number of nitrogens with zero attached hydrogens (tertiary/aromatic N) is 1. The Morgan fingerprint density at radius 3 is 2.42 bits per heavy atom. The molecule has 1 saturated carbocycles. The van der Waals surface area contributed by atoms with Crippen molar-refractivity contribution in [2.24, 2.45) is 5.92 Å². The molecule has 0 radical (unpaired) electrons. The molecule has 1 aliphatic heterocycles. The number of carbonyl (C=O) groups is 1. The van der Waals surface area contributed by atoms with Crippen LogP contribution < -0.4 is 5.32 Å². The predicted molar refractivity (Wildman–Crippen MR) is 75.9 cm³/mol. The SMILES string of the molecule is O=C(CC1CCNCC1)N(CCO)C1CCCCC1. The molecule has 2 rings (SSSR count). The van der Waals surface area contributed by atoms with E-state index in [2.05, 4.69) is 5.32 Å². The maximum absolute atomic E-state index is 12.5. The van der Waals surface area contributed by atoms with Crippen LogP contribution in [0.1, 0.15) is 51.4 Å². The van der Waals surface area contributed by atoms with Gasteiger partial charge in [-0.2, -0.15) is 0 Å². The molecule has 0 aromatic carbocycles. The molecule has 2 aliphatic rings. The third-order valence-corrected chi connectivity index (χ3v) is 4.60. The van der Waals surface area contributed by atoms with Crippen LogP contribution in [-0.2, 0) is 4.79 Å². The molecule has 2 fully saturated rings. The second kappa shape index (κ2) is 7.85. The molecular weight excluding hydrogens is 240 g/mol. The Hall–Kier alpha value is -0.610. The lowest BCUT2D eigenvalue weighted by Crippen LogP contribution is -2.44. The first-order chi connectivity index (χ1) is 9.31. The number of hydrogen-bond donors (Lipinski definition) is 2. The Kier molecular flexibility index (Phi) is 6.11. The summed E-state index contributed by atoms with van der Waals surface area (Å²) in [6.07, 6.45) is 8.91. The summed E-state index contributed by atoms with van der Waals surface area (Å²) in [5.74, 6) is 0.811. The number of aliphatic hydroxyl groups is 1. The topological polar surface area (TPSA) is 52.6 Å². The average molecular weight is 268 g/mol. The minimum Gasteiger partial charge on any atom is -0.395 e. The molecule has 1 saturated heterocycles. The molecule has 2 N–H and O–H groups in total. The van der Waals surface area contributed by atoms with Gasteiger partial charge in [-0.1, -0.05) is 19.3 Å². The molecule has 0 atom stereocenters. The Morgan fingerprint density at radius 1 is 1.11 bits per heavy atom. The van der Waals surface area contributed by atoms with Gasteiger partial charge in [-0.05, 0) is 44.7 Å². The van der Waals surface area contributed by atoms with Crippen molar-refractivity contribution in [1.29, 1.82) is 0 Å². The second-order valence-electron chi connectivity index (χ2n) is 6.00. The molecule has 110 valence electrons. The summed E-state index contributed by atoms with van der Waals surface area (Å²) in [4.78, 5) is 14.5. The zero-order valence-corrected chi connectivity index (χ0v) is 11.9. The van der Waals surface area contributed by atoms with Gasteiger partial charge in [0, 0.05) is 19.0 Å². The molecule has 1 amide bonds. The Bertz CT molecular complexity index is 271. The maximum atomic E-state index is 12.5. The second-order valence-corrected chi connectivity index (χ2v) is 6.00. The molecule has 0 bridgehead atoms. The largest absolute Gasteiger partial charge is 0.395 e. The van der Waals surface area contributed by atoms with Crippen molar-refractivity contribution in [3.63, 3.8) is 0 Å². The average Bonchev–Trinajstić information content (AvgIpc) is 2.46. The zero-order valence-electron chi connectivity index (χ0n) is 11.9. The molecule has 1 heterocycles. The standard InChI is InChI=1S/C15H28N2O2/c18-11-10-17(14-4-2-1-3-5-14)15(19)12-13-6-8-16-9-7-13/h13-14,16,18H,1-12H2. The number of piperidine rings is 1. The van der Waals surface area contributed by atoms with E-state index in [0.29, 0.717) is 24.9 Å². The fourth-order valence-electron chi connectivity index (χ4n) is 3.46. The third kappa shape index (κ3) is 4.46. The molecule has 0 spiro atoms. The predicted octanol–water partition coefficient (Wildman–Crippen LogP) is 1.53. The van der Waals surface area contributed by atoms with Gasteiger partial charge in [0.25, 0.3) is 0 Å². The molecule has 0 aromatic rings. The first-order valence-electron chi connectivity index (χ1n) is 7.92. The summed E-state index contributed by atoms with van der Waals surface area (Å²) >= 11 is 0. The first-order valence-corrected chi connectivity index (χ1v) is 7.92. The van der Waals surface area contributed by atoms with Crippen LogP contribution in [0.25, 0.3) is 0 Å². The summed E-state index contributed by atoms with van der Waals surface area (Å²) in [5, 5.41) is 12.6. The van der Waals surface area contributed by atoms with Gasteiger partial charge in [-0.25, -0.2) is 0 Å².